The highest BCUT2D eigenvalue weighted by Crippen LogP contribution is 2.19. The van der Waals surface area contributed by atoms with Crippen molar-refractivity contribution in [1.82, 2.24) is 9.88 Å². The molecule has 2 aromatic rings. The minimum atomic E-state index is 0.726. The standard InChI is InChI=1S/C17H24N2O/c1-2-19-15(12-17-8-5-11-20-17)9-10-16(19)13-18-14-6-3-4-7-14/h5,8-11,14,18H,2-4,6-7,12-13H2,1H3. The van der Waals surface area contributed by atoms with Crippen LogP contribution in [0.2, 0.25) is 0 Å². The zero-order valence-corrected chi connectivity index (χ0v) is 12.3. The van der Waals surface area contributed by atoms with E-state index < -0.39 is 0 Å². The summed E-state index contributed by atoms with van der Waals surface area (Å²) in [5.41, 5.74) is 2.73. The van der Waals surface area contributed by atoms with Gasteiger partial charge in [0.1, 0.15) is 5.76 Å². The molecule has 1 aliphatic carbocycles. The minimum absolute atomic E-state index is 0.726. The molecule has 1 saturated carbocycles. The topological polar surface area (TPSA) is 30.1 Å². The molecule has 0 bridgehead atoms. The van der Waals surface area contributed by atoms with Gasteiger partial charge < -0.3 is 14.3 Å². The third-order valence-corrected chi connectivity index (χ3v) is 4.34. The third-order valence-electron chi connectivity index (χ3n) is 4.34. The van der Waals surface area contributed by atoms with Crippen LogP contribution in [0.25, 0.3) is 0 Å². The summed E-state index contributed by atoms with van der Waals surface area (Å²) in [6, 6.07) is 9.21. The van der Waals surface area contributed by atoms with E-state index >= 15 is 0 Å². The average Bonchev–Trinajstić information content (AvgIpc) is 3.19. The van der Waals surface area contributed by atoms with Crippen LogP contribution in [-0.2, 0) is 19.5 Å². The maximum absolute atomic E-state index is 5.46. The molecule has 0 amide bonds. The second-order valence-electron chi connectivity index (χ2n) is 5.68. The maximum atomic E-state index is 5.46. The van der Waals surface area contributed by atoms with E-state index in [1.54, 1.807) is 6.26 Å². The van der Waals surface area contributed by atoms with Crippen molar-refractivity contribution in [2.75, 3.05) is 0 Å². The van der Waals surface area contributed by atoms with Gasteiger partial charge in [-0.15, -0.1) is 0 Å². The lowest BCUT2D eigenvalue weighted by molar-refractivity contribution is 0.499. The van der Waals surface area contributed by atoms with Crippen LogP contribution >= 0.6 is 0 Å². The Morgan fingerprint density at radius 1 is 1.20 bits per heavy atom. The summed E-state index contributed by atoms with van der Waals surface area (Å²) < 4.78 is 7.87. The molecule has 3 heteroatoms. The number of hydrogen-bond acceptors (Lipinski definition) is 2. The molecule has 0 aromatic carbocycles. The fraction of sp³-hybridized carbons (Fsp3) is 0.529. The number of nitrogens with one attached hydrogen (secondary N) is 1. The molecule has 2 aromatic heterocycles. The van der Waals surface area contributed by atoms with Gasteiger partial charge in [0.05, 0.1) is 6.26 Å². The van der Waals surface area contributed by atoms with Crippen molar-refractivity contribution in [3.63, 3.8) is 0 Å². The van der Waals surface area contributed by atoms with E-state index in [0.717, 1.165) is 31.3 Å². The lowest BCUT2D eigenvalue weighted by Gasteiger charge is -2.15. The molecule has 0 saturated heterocycles. The average molecular weight is 272 g/mol. The zero-order valence-electron chi connectivity index (χ0n) is 12.3. The molecule has 0 spiro atoms. The number of hydrogen-bond donors (Lipinski definition) is 1. The highest BCUT2D eigenvalue weighted by atomic mass is 16.3. The van der Waals surface area contributed by atoms with Crippen molar-refractivity contribution in [2.24, 2.45) is 0 Å². The summed E-state index contributed by atoms with van der Waals surface area (Å²) in [5, 5.41) is 3.70. The summed E-state index contributed by atoms with van der Waals surface area (Å²) in [5.74, 6) is 1.04. The van der Waals surface area contributed by atoms with Crippen LogP contribution < -0.4 is 5.32 Å². The summed E-state index contributed by atoms with van der Waals surface area (Å²) >= 11 is 0. The van der Waals surface area contributed by atoms with Crippen molar-refractivity contribution in [1.29, 1.82) is 0 Å². The molecule has 1 aliphatic rings. The number of nitrogens with zero attached hydrogens (tertiary/aromatic N) is 1. The largest absolute Gasteiger partial charge is 0.469 e. The molecular formula is C17H24N2O. The first kappa shape index (κ1) is 13.5. The molecule has 1 N–H and O–H groups in total. The summed E-state index contributed by atoms with van der Waals surface area (Å²) in [6.07, 6.45) is 8.08. The van der Waals surface area contributed by atoms with Gasteiger partial charge in [-0.05, 0) is 44.0 Å². The summed E-state index contributed by atoms with van der Waals surface area (Å²) in [7, 11) is 0. The molecule has 3 nitrogen and oxygen atoms in total. The Kier molecular flexibility index (Phi) is 4.26. The third kappa shape index (κ3) is 2.98. The highest BCUT2D eigenvalue weighted by molar-refractivity contribution is 5.21. The predicted octanol–water partition coefficient (Wildman–Crippen LogP) is 3.72. The van der Waals surface area contributed by atoms with Crippen LogP contribution in [0.1, 0.15) is 49.8 Å². The van der Waals surface area contributed by atoms with Gasteiger partial charge in [0, 0.05) is 36.9 Å². The van der Waals surface area contributed by atoms with E-state index in [-0.39, 0.29) is 0 Å². The predicted molar refractivity (Wildman–Crippen MR) is 80.7 cm³/mol. The Morgan fingerprint density at radius 3 is 2.70 bits per heavy atom. The van der Waals surface area contributed by atoms with Gasteiger partial charge in [-0.1, -0.05) is 12.8 Å². The van der Waals surface area contributed by atoms with E-state index in [4.69, 9.17) is 4.42 Å². The Morgan fingerprint density at radius 2 is 2.00 bits per heavy atom. The van der Waals surface area contributed by atoms with Crippen LogP contribution in [0, 0.1) is 0 Å². The van der Waals surface area contributed by atoms with Crippen molar-refractivity contribution in [3.05, 3.63) is 47.7 Å². The fourth-order valence-corrected chi connectivity index (χ4v) is 3.24. The van der Waals surface area contributed by atoms with Crippen LogP contribution in [0.15, 0.2) is 34.9 Å². The lowest BCUT2D eigenvalue weighted by atomic mass is 10.2. The van der Waals surface area contributed by atoms with Crippen LogP contribution in [-0.4, -0.2) is 10.6 Å². The molecule has 0 unspecified atom stereocenters. The van der Waals surface area contributed by atoms with Crippen molar-refractivity contribution in [3.8, 4) is 0 Å². The van der Waals surface area contributed by atoms with E-state index in [1.807, 2.05) is 12.1 Å². The minimum Gasteiger partial charge on any atom is -0.469 e. The second-order valence-corrected chi connectivity index (χ2v) is 5.68. The first-order valence-corrected chi connectivity index (χ1v) is 7.80. The molecule has 20 heavy (non-hydrogen) atoms. The van der Waals surface area contributed by atoms with Crippen molar-refractivity contribution in [2.45, 2.75) is 58.2 Å². The number of rotatable bonds is 6. The van der Waals surface area contributed by atoms with Gasteiger partial charge in [0.25, 0.3) is 0 Å². The van der Waals surface area contributed by atoms with E-state index in [9.17, 15) is 0 Å². The second kappa shape index (κ2) is 6.31. The van der Waals surface area contributed by atoms with Crippen LogP contribution in [0.4, 0.5) is 0 Å². The SMILES string of the molecule is CCn1c(CNC2CCCC2)ccc1Cc1ccco1. The quantitative estimate of drug-likeness (QED) is 0.868. The van der Waals surface area contributed by atoms with E-state index in [1.165, 1.54) is 37.1 Å². The van der Waals surface area contributed by atoms with Crippen LogP contribution in [0.3, 0.4) is 0 Å². The van der Waals surface area contributed by atoms with Gasteiger partial charge in [-0.2, -0.15) is 0 Å². The summed E-state index contributed by atoms with van der Waals surface area (Å²) in [4.78, 5) is 0. The van der Waals surface area contributed by atoms with E-state index in [2.05, 4.69) is 28.9 Å². The van der Waals surface area contributed by atoms with Gasteiger partial charge in [0.15, 0.2) is 0 Å². The molecule has 0 atom stereocenters. The zero-order chi connectivity index (χ0) is 13.8. The molecule has 0 aliphatic heterocycles. The monoisotopic (exact) mass is 272 g/mol. The van der Waals surface area contributed by atoms with Crippen molar-refractivity contribution < 1.29 is 4.42 Å². The first-order valence-electron chi connectivity index (χ1n) is 7.80. The summed E-state index contributed by atoms with van der Waals surface area (Å²) in [6.45, 7) is 4.21. The highest BCUT2D eigenvalue weighted by Gasteiger charge is 2.15. The van der Waals surface area contributed by atoms with Gasteiger partial charge in [-0.3, -0.25) is 0 Å². The van der Waals surface area contributed by atoms with Crippen LogP contribution in [0.5, 0.6) is 0 Å². The Balaban J connectivity index is 1.66. The van der Waals surface area contributed by atoms with Crippen molar-refractivity contribution >= 4 is 0 Å². The lowest BCUT2D eigenvalue weighted by Crippen LogP contribution is -2.26. The Hall–Kier alpha value is -1.48. The molecule has 108 valence electrons. The smallest absolute Gasteiger partial charge is 0.109 e. The Bertz CT molecular complexity index is 521. The molecular weight excluding hydrogens is 248 g/mol. The van der Waals surface area contributed by atoms with Gasteiger partial charge in [0.2, 0.25) is 0 Å². The van der Waals surface area contributed by atoms with Gasteiger partial charge in [-0.25, -0.2) is 0 Å². The van der Waals surface area contributed by atoms with E-state index in [0.29, 0.717) is 0 Å². The normalized spacial score (nSPS) is 16.1. The first-order chi connectivity index (χ1) is 9.86. The Labute approximate surface area is 121 Å². The molecule has 1 fully saturated rings. The fourth-order valence-electron chi connectivity index (χ4n) is 3.24. The molecule has 2 heterocycles. The number of aromatic nitrogens is 1. The molecule has 0 radical (unpaired) electrons. The maximum Gasteiger partial charge on any atom is 0.109 e. The van der Waals surface area contributed by atoms with Gasteiger partial charge >= 0.3 is 0 Å². The number of furan rings is 1. The molecule has 3 rings (SSSR count).